The Morgan fingerprint density at radius 2 is 1.46 bits per heavy atom. The highest BCUT2D eigenvalue weighted by atomic mass is 16.5. The summed E-state index contributed by atoms with van der Waals surface area (Å²) in [7, 11) is 1.67. The Morgan fingerprint density at radius 1 is 0.771 bits per heavy atom. The first-order chi connectivity index (χ1) is 17.2. The predicted molar refractivity (Wildman–Crippen MR) is 140 cm³/mol. The van der Waals surface area contributed by atoms with Crippen molar-refractivity contribution in [3.05, 3.63) is 107 Å². The number of fused-ring (bicyclic) bond motifs is 1. The number of hydrogen-bond donors (Lipinski definition) is 2. The van der Waals surface area contributed by atoms with Gasteiger partial charge < -0.3 is 15.4 Å². The smallest absolute Gasteiger partial charge is 0.205 e. The molecule has 2 N–H and O–H groups in total. The summed E-state index contributed by atoms with van der Waals surface area (Å²) in [5, 5.41) is 6.94. The van der Waals surface area contributed by atoms with E-state index in [4.69, 9.17) is 9.72 Å². The van der Waals surface area contributed by atoms with Crippen LogP contribution in [0.1, 0.15) is 22.3 Å². The van der Waals surface area contributed by atoms with E-state index in [9.17, 15) is 0 Å². The SMILES string of the molecule is COc1ccc(CNc2nc3c(NCc4ccccc4)ncnc3n2Cc2ccc(C)cc2)cc1. The van der Waals surface area contributed by atoms with Gasteiger partial charge in [0.15, 0.2) is 17.0 Å². The molecule has 7 nitrogen and oxygen atoms in total. The van der Waals surface area contributed by atoms with Crippen LogP contribution in [-0.2, 0) is 19.6 Å². The van der Waals surface area contributed by atoms with Crippen molar-refractivity contribution in [1.82, 2.24) is 19.5 Å². The van der Waals surface area contributed by atoms with Gasteiger partial charge in [0.2, 0.25) is 5.95 Å². The molecule has 7 heteroatoms. The lowest BCUT2D eigenvalue weighted by Gasteiger charge is -2.11. The van der Waals surface area contributed by atoms with Crippen LogP contribution in [0.25, 0.3) is 11.2 Å². The molecule has 0 amide bonds. The molecule has 3 aromatic carbocycles. The van der Waals surface area contributed by atoms with E-state index in [1.165, 1.54) is 16.7 Å². The largest absolute Gasteiger partial charge is 0.497 e. The molecule has 0 unspecified atom stereocenters. The molecule has 5 aromatic rings. The summed E-state index contributed by atoms with van der Waals surface area (Å²) >= 11 is 0. The average Bonchev–Trinajstić information content (AvgIpc) is 3.26. The Labute approximate surface area is 204 Å². The third kappa shape index (κ3) is 5.24. The molecule has 0 fully saturated rings. The van der Waals surface area contributed by atoms with Gasteiger partial charge in [-0.1, -0.05) is 72.3 Å². The highest BCUT2D eigenvalue weighted by Gasteiger charge is 2.16. The third-order valence-corrected chi connectivity index (χ3v) is 5.91. The van der Waals surface area contributed by atoms with Gasteiger partial charge in [0, 0.05) is 13.1 Å². The molecule has 0 atom stereocenters. The number of aryl methyl sites for hydroxylation is 1. The third-order valence-electron chi connectivity index (χ3n) is 5.91. The summed E-state index contributed by atoms with van der Waals surface area (Å²) in [6.45, 7) is 4.03. The maximum Gasteiger partial charge on any atom is 0.205 e. The van der Waals surface area contributed by atoms with Crippen LogP contribution in [0, 0.1) is 6.92 Å². The topological polar surface area (TPSA) is 76.9 Å². The average molecular weight is 465 g/mol. The quantitative estimate of drug-likeness (QED) is 0.304. The fourth-order valence-electron chi connectivity index (χ4n) is 3.93. The van der Waals surface area contributed by atoms with Crippen LogP contribution in [0.2, 0.25) is 0 Å². The van der Waals surface area contributed by atoms with Crippen LogP contribution in [-0.4, -0.2) is 26.6 Å². The molecule has 5 rings (SSSR count). The molecular formula is C28H28N6O. The van der Waals surface area contributed by atoms with Gasteiger partial charge in [0.1, 0.15) is 12.1 Å². The van der Waals surface area contributed by atoms with Crippen molar-refractivity contribution in [1.29, 1.82) is 0 Å². The Morgan fingerprint density at radius 3 is 2.20 bits per heavy atom. The van der Waals surface area contributed by atoms with Gasteiger partial charge in [0.05, 0.1) is 13.7 Å². The van der Waals surface area contributed by atoms with E-state index in [0.717, 1.165) is 28.4 Å². The number of methoxy groups -OCH3 is 1. The van der Waals surface area contributed by atoms with E-state index in [1.807, 2.05) is 42.5 Å². The zero-order valence-corrected chi connectivity index (χ0v) is 19.9. The monoisotopic (exact) mass is 464 g/mol. The van der Waals surface area contributed by atoms with Gasteiger partial charge in [-0.25, -0.2) is 15.0 Å². The molecule has 0 radical (unpaired) electrons. The number of hydrogen-bond acceptors (Lipinski definition) is 6. The summed E-state index contributed by atoms with van der Waals surface area (Å²) in [4.78, 5) is 14.0. The number of imidazole rings is 1. The van der Waals surface area contributed by atoms with E-state index < -0.39 is 0 Å². The highest BCUT2D eigenvalue weighted by Crippen LogP contribution is 2.25. The predicted octanol–water partition coefficient (Wildman–Crippen LogP) is 5.42. The van der Waals surface area contributed by atoms with Crippen LogP contribution in [0.4, 0.5) is 11.8 Å². The van der Waals surface area contributed by atoms with Gasteiger partial charge in [0.25, 0.3) is 0 Å². The second-order valence-electron chi connectivity index (χ2n) is 8.44. The highest BCUT2D eigenvalue weighted by molar-refractivity contribution is 5.85. The van der Waals surface area contributed by atoms with E-state index in [1.54, 1.807) is 13.4 Å². The number of rotatable bonds is 9. The van der Waals surface area contributed by atoms with E-state index in [-0.39, 0.29) is 0 Å². The summed E-state index contributed by atoms with van der Waals surface area (Å²) in [6.07, 6.45) is 1.59. The van der Waals surface area contributed by atoms with Crippen LogP contribution in [0.15, 0.2) is 85.2 Å². The fourth-order valence-corrected chi connectivity index (χ4v) is 3.93. The Bertz CT molecular complexity index is 1400. The Balaban J connectivity index is 1.46. The fraction of sp³-hybridized carbons (Fsp3) is 0.179. The lowest BCUT2D eigenvalue weighted by atomic mass is 10.1. The molecule has 0 aliphatic heterocycles. The van der Waals surface area contributed by atoms with Crippen LogP contribution in [0.3, 0.4) is 0 Å². The molecule has 2 aromatic heterocycles. The van der Waals surface area contributed by atoms with Crippen LogP contribution < -0.4 is 15.4 Å². The zero-order chi connectivity index (χ0) is 24.0. The second-order valence-corrected chi connectivity index (χ2v) is 8.44. The molecule has 35 heavy (non-hydrogen) atoms. The maximum absolute atomic E-state index is 5.27. The second kappa shape index (κ2) is 10.3. The number of benzene rings is 3. The Hall–Kier alpha value is -4.39. The van der Waals surface area contributed by atoms with Crippen molar-refractivity contribution in [3.8, 4) is 5.75 Å². The first-order valence-electron chi connectivity index (χ1n) is 11.6. The molecule has 0 aliphatic rings. The molecule has 0 spiro atoms. The molecule has 0 saturated heterocycles. The normalized spacial score (nSPS) is 10.9. The summed E-state index contributed by atoms with van der Waals surface area (Å²) in [5.41, 5.74) is 6.25. The number of anilines is 2. The summed E-state index contributed by atoms with van der Waals surface area (Å²) in [5.74, 6) is 2.30. The van der Waals surface area contributed by atoms with Crippen molar-refractivity contribution in [2.45, 2.75) is 26.6 Å². The van der Waals surface area contributed by atoms with E-state index >= 15 is 0 Å². The molecule has 176 valence electrons. The van der Waals surface area contributed by atoms with Gasteiger partial charge >= 0.3 is 0 Å². The van der Waals surface area contributed by atoms with Crippen molar-refractivity contribution in [2.24, 2.45) is 0 Å². The number of aromatic nitrogens is 4. The minimum Gasteiger partial charge on any atom is -0.497 e. The van der Waals surface area contributed by atoms with Gasteiger partial charge in [-0.15, -0.1) is 0 Å². The Kier molecular flexibility index (Phi) is 6.57. The number of nitrogens with one attached hydrogen (secondary N) is 2. The minimum absolute atomic E-state index is 0.626. The number of ether oxygens (including phenoxy) is 1. The standard InChI is InChI=1S/C28H28N6O/c1-20-8-10-23(11-9-20)18-34-27-25(26(31-19-32-27)29-16-21-6-4-3-5-7-21)33-28(34)30-17-22-12-14-24(35-2)15-13-22/h3-15,19H,16-18H2,1-2H3,(H,30,33)(H,29,31,32). The van der Waals surface area contributed by atoms with Crippen LogP contribution in [0.5, 0.6) is 5.75 Å². The van der Waals surface area contributed by atoms with Crippen molar-refractivity contribution in [2.75, 3.05) is 17.7 Å². The lowest BCUT2D eigenvalue weighted by molar-refractivity contribution is 0.414. The van der Waals surface area contributed by atoms with Gasteiger partial charge in [-0.05, 0) is 35.7 Å². The van der Waals surface area contributed by atoms with Crippen molar-refractivity contribution in [3.63, 3.8) is 0 Å². The molecule has 0 saturated carbocycles. The van der Waals surface area contributed by atoms with Crippen LogP contribution >= 0.6 is 0 Å². The first kappa shape index (κ1) is 22.4. The summed E-state index contributed by atoms with van der Waals surface area (Å²) in [6, 6.07) is 26.8. The summed E-state index contributed by atoms with van der Waals surface area (Å²) < 4.78 is 7.38. The minimum atomic E-state index is 0.626. The first-order valence-corrected chi connectivity index (χ1v) is 11.6. The van der Waals surface area contributed by atoms with Crippen molar-refractivity contribution >= 4 is 22.9 Å². The maximum atomic E-state index is 5.27. The number of nitrogens with zero attached hydrogens (tertiary/aromatic N) is 4. The van der Waals surface area contributed by atoms with Gasteiger partial charge in [-0.2, -0.15) is 0 Å². The van der Waals surface area contributed by atoms with E-state index in [0.29, 0.717) is 25.5 Å². The van der Waals surface area contributed by atoms with Crippen molar-refractivity contribution < 1.29 is 4.74 Å². The lowest BCUT2D eigenvalue weighted by Crippen LogP contribution is -2.09. The molecule has 2 heterocycles. The molecule has 0 bridgehead atoms. The molecule has 0 aliphatic carbocycles. The van der Waals surface area contributed by atoms with Gasteiger partial charge in [-0.3, -0.25) is 4.57 Å². The zero-order valence-electron chi connectivity index (χ0n) is 19.9. The molecular weight excluding hydrogens is 436 g/mol. The van der Waals surface area contributed by atoms with E-state index in [2.05, 4.69) is 68.5 Å².